The lowest BCUT2D eigenvalue weighted by Gasteiger charge is -2.35. The fourth-order valence-corrected chi connectivity index (χ4v) is 2.14. The zero-order valence-corrected chi connectivity index (χ0v) is 11.1. The molecule has 5 nitrogen and oxygen atoms in total. The molecule has 0 bridgehead atoms. The molecule has 0 saturated carbocycles. The predicted molar refractivity (Wildman–Crippen MR) is 65.7 cm³/mol. The number of carbonyl (C=O) groups excluding carboxylic acids is 1. The van der Waals surface area contributed by atoms with Crippen molar-refractivity contribution < 1.29 is 14.3 Å². The molecule has 0 aliphatic carbocycles. The lowest BCUT2D eigenvalue weighted by Crippen LogP contribution is -2.52. The van der Waals surface area contributed by atoms with Crippen molar-refractivity contribution in [3.05, 3.63) is 0 Å². The molecule has 0 aromatic rings. The van der Waals surface area contributed by atoms with Gasteiger partial charge in [0.1, 0.15) is 5.54 Å². The van der Waals surface area contributed by atoms with Crippen LogP contribution in [0.25, 0.3) is 0 Å². The fourth-order valence-electron chi connectivity index (χ4n) is 2.14. The van der Waals surface area contributed by atoms with Crippen LogP contribution < -0.4 is 5.73 Å². The van der Waals surface area contributed by atoms with E-state index in [9.17, 15) is 4.79 Å². The predicted octanol–water partition coefficient (Wildman–Crippen LogP) is 0.378. The molecule has 1 aliphatic rings. The van der Waals surface area contributed by atoms with Gasteiger partial charge in [-0.3, -0.25) is 9.69 Å². The van der Waals surface area contributed by atoms with Crippen molar-refractivity contribution >= 4 is 5.97 Å². The van der Waals surface area contributed by atoms with Crippen molar-refractivity contribution in [1.82, 2.24) is 4.90 Å². The van der Waals surface area contributed by atoms with E-state index in [1.54, 1.807) is 13.8 Å². The van der Waals surface area contributed by atoms with Gasteiger partial charge in [-0.25, -0.2) is 0 Å². The van der Waals surface area contributed by atoms with Crippen LogP contribution in [0.15, 0.2) is 0 Å². The van der Waals surface area contributed by atoms with Crippen LogP contribution in [0.5, 0.6) is 0 Å². The van der Waals surface area contributed by atoms with Crippen molar-refractivity contribution in [3.63, 3.8) is 0 Å². The van der Waals surface area contributed by atoms with Crippen molar-refractivity contribution in [2.75, 3.05) is 32.9 Å². The van der Waals surface area contributed by atoms with Crippen LogP contribution in [0, 0.1) is 0 Å². The molecule has 2 N–H and O–H groups in total. The maximum Gasteiger partial charge on any atom is 0.325 e. The summed E-state index contributed by atoms with van der Waals surface area (Å²) in [5, 5.41) is 0. The van der Waals surface area contributed by atoms with Crippen molar-refractivity contribution in [1.29, 1.82) is 0 Å². The first-order valence-electron chi connectivity index (χ1n) is 6.25. The van der Waals surface area contributed by atoms with E-state index in [1.807, 2.05) is 0 Å². The normalized spacial score (nSPS) is 22.8. The van der Waals surface area contributed by atoms with Gasteiger partial charge >= 0.3 is 5.97 Å². The number of hydrogen-bond acceptors (Lipinski definition) is 5. The largest absolute Gasteiger partial charge is 0.465 e. The van der Waals surface area contributed by atoms with E-state index in [1.165, 1.54) is 0 Å². The molecule has 1 aliphatic heterocycles. The molecule has 2 unspecified atom stereocenters. The number of rotatable bonds is 5. The Morgan fingerprint density at radius 2 is 2.12 bits per heavy atom. The van der Waals surface area contributed by atoms with Gasteiger partial charge < -0.3 is 15.2 Å². The van der Waals surface area contributed by atoms with Crippen LogP contribution in [-0.4, -0.2) is 55.4 Å². The molecule has 0 aromatic carbocycles. The fraction of sp³-hybridized carbons (Fsp3) is 0.917. The topological polar surface area (TPSA) is 64.8 Å². The summed E-state index contributed by atoms with van der Waals surface area (Å²) >= 11 is 0. The molecule has 100 valence electrons. The van der Waals surface area contributed by atoms with Crippen LogP contribution in [0.4, 0.5) is 0 Å². The van der Waals surface area contributed by atoms with Crippen molar-refractivity contribution in [2.45, 2.75) is 38.8 Å². The SMILES string of the molecule is CCOC(=O)C(C)(N)CC(C)N1CCOCC1. The second-order valence-electron chi connectivity index (χ2n) is 4.84. The first-order chi connectivity index (χ1) is 7.97. The Morgan fingerprint density at radius 3 is 2.65 bits per heavy atom. The van der Waals surface area contributed by atoms with Gasteiger partial charge in [-0.15, -0.1) is 0 Å². The van der Waals surface area contributed by atoms with Crippen LogP contribution in [0.3, 0.4) is 0 Å². The second-order valence-corrected chi connectivity index (χ2v) is 4.84. The summed E-state index contributed by atoms with van der Waals surface area (Å²) in [4.78, 5) is 14.0. The van der Waals surface area contributed by atoms with E-state index < -0.39 is 5.54 Å². The first kappa shape index (κ1) is 14.4. The van der Waals surface area contributed by atoms with Crippen LogP contribution in [-0.2, 0) is 14.3 Å². The minimum atomic E-state index is -0.909. The van der Waals surface area contributed by atoms with Gasteiger partial charge in [-0.1, -0.05) is 0 Å². The average molecular weight is 244 g/mol. The maximum absolute atomic E-state index is 11.7. The Balaban J connectivity index is 2.47. The molecule has 0 spiro atoms. The lowest BCUT2D eigenvalue weighted by atomic mass is 9.94. The standard InChI is InChI=1S/C12H24N2O3/c1-4-17-11(15)12(3,13)9-10(2)14-5-7-16-8-6-14/h10H,4-9,13H2,1-3H3. The number of nitrogens with zero attached hydrogens (tertiary/aromatic N) is 1. The molecule has 1 fully saturated rings. The molecule has 0 radical (unpaired) electrons. The van der Waals surface area contributed by atoms with E-state index in [0.717, 1.165) is 26.3 Å². The van der Waals surface area contributed by atoms with Gasteiger partial charge in [0.25, 0.3) is 0 Å². The molecule has 1 rings (SSSR count). The molecular weight excluding hydrogens is 220 g/mol. The Morgan fingerprint density at radius 1 is 1.53 bits per heavy atom. The molecule has 1 saturated heterocycles. The Kier molecular flexibility index (Phi) is 5.36. The van der Waals surface area contributed by atoms with E-state index in [4.69, 9.17) is 15.2 Å². The molecule has 2 atom stereocenters. The summed E-state index contributed by atoms with van der Waals surface area (Å²) in [6.07, 6.45) is 0.603. The molecule has 0 aromatic heterocycles. The van der Waals surface area contributed by atoms with E-state index in [-0.39, 0.29) is 12.0 Å². The van der Waals surface area contributed by atoms with Gasteiger partial charge in [0, 0.05) is 19.1 Å². The summed E-state index contributed by atoms with van der Waals surface area (Å²) in [5.41, 5.74) is 5.11. The second kappa shape index (κ2) is 6.33. The van der Waals surface area contributed by atoms with Gasteiger partial charge in [0.2, 0.25) is 0 Å². The minimum Gasteiger partial charge on any atom is -0.465 e. The molecule has 17 heavy (non-hydrogen) atoms. The Labute approximate surface area is 103 Å². The minimum absolute atomic E-state index is 0.262. The highest BCUT2D eigenvalue weighted by molar-refractivity contribution is 5.80. The van der Waals surface area contributed by atoms with Gasteiger partial charge in [0.15, 0.2) is 0 Å². The van der Waals surface area contributed by atoms with Crippen molar-refractivity contribution in [2.24, 2.45) is 5.73 Å². The molecule has 5 heteroatoms. The third kappa shape index (κ3) is 4.26. The number of nitrogens with two attached hydrogens (primary N) is 1. The number of hydrogen-bond donors (Lipinski definition) is 1. The summed E-state index contributed by atoms with van der Waals surface area (Å²) < 4.78 is 10.3. The number of esters is 1. The molecular formula is C12H24N2O3. The Hall–Kier alpha value is -0.650. The van der Waals surface area contributed by atoms with E-state index in [0.29, 0.717) is 13.0 Å². The third-order valence-corrected chi connectivity index (χ3v) is 3.13. The zero-order valence-electron chi connectivity index (χ0n) is 11.1. The number of carbonyl (C=O) groups is 1. The summed E-state index contributed by atoms with van der Waals surface area (Å²) in [7, 11) is 0. The van der Waals surface area contributed by atoms with Crippen LogP contribution in [0.1, 0.15) is 27.2 Å². The van der Waals surface area contributed by atoms with Crippen molar-refractivity contribution in [3.8, 4) is 0 Å². The lowest BCUT2D eigenvalue weighted by molar-refractivity contribution is -0.149. The maximum atomic E-state index is 11.7. The highest BCUT2D eigenvalue weighted by atomic mass is 16.5. The van der Waals surface area contributed by atoms with Crippen LogP contribution >= 0.6 is 0 Å². The summed E-state index contributed by atoms with van der Waals surface area (Å²) in [6.45, 7) is 9.31. The Bertz CT molecular complexity index is 250. The summed E-state index contributed by atoms with van der Waals surface area (Å²) in [6, 6.07) is 0.262. The van der Waals surface area contributed by atoms with Gasteiger partial charge in [0.05, 0.1) is 19.8 Å². The van der Waals surface area contributed by atoms with Crippen LogP contribution in [0.2, 0.25) is 0 Å². The molecule has 0 amide bonds. The summed E-state index contributed by atoms with van der Waals surface area (Å²) in [5.74, 6) is -0.319. The third-order valence-electron chi connectivity index (χ3n) is 3.13. The number of morpholine rings is 1. The number of ether oxygens (including phenoxy) is 2. The van der Waals surface area contributed by atoms with Gasteiger partial charge in [-0.05, 0) is 27.2 Å². The monoisotopic (exact) mass is 244 g/mol. The van der Waals surface area contributed by atoms with Gasteiger partial charge in [-0.2, -0.15) is 0 Å². The first-order valence-corrected chi connectivity index (χ1v) is 6.25. The molecule has 1 heterocycles. The quantitative estimate of drug-likeness (QED) is 0.708. The highest BCUT2D eigenvalue weighted by Gasteiger charge is 2.33. The smallest absolute Gasteiger partial charge is 0.325 e. The highest BCUT2D eigenvalue weighted by Crippen LogP contribution is 2.16. The van der Waals surface area contributed by atoms with E-state index in [2.05, 4.69) is 11.8 Å². The zero-order chi connectivity index (χ0) is 12.9. The average Bonchev–Trinajstić information content (AvgIpc) is 2.30. The van der Waals surface area contributed by atoms with E-state index >= 15 is 0 Å².